The standard InChI is InChI=1S/2C17H15ClN6O3.Zn/c2*1-27-15-10(16-19-8-24(23-16)9-5-6-9)3-2-4-11(15)20-12-7-13(18)21-22-14(12)17(25)26;/h2*2-4,7-9H,5-6H2,1H3,(H,20,21)(H,25,26);. The quantitative estimate of drug-likeness (QED) is 0.0985. The van der Waals surface area contributed by atoms with Gasteiger partial charge in [0, 0.05) is 31.6 Å². The number of para-hydroxylation sites is 2. The molecular formula is C34H30Cl2N12O6Zn. The van der Waals surface area contributed by atoms with Crippen LogP contribution in [0, 0.1) is 0 Å². The monoisotopic (exact) mass is 836 g/mol. The average molecular weight is 839 g/mol. The average Bonchev–Trinajstić information content (AvgIpc) is 4.09. The maximum Gasteiger partial charge on any atom is 0.358 e. The first kappa shape index (κ1) is 38.9. The maximum absolute atomic E-state index is 11.4. The van der Waals surface area contributed by atoms with Gasteiger partial charge in [0.15, 0.2) is 44.8 Å². The molecule has 2 aliphatic rings. The predicted octanol–water partition coefficient (Wildman–Crippen LogP) is 6.35. The van der Waals surface area contributed by atoms with Gasteiger partial charge in [-0.1, -0.05) is 35.3 Å². The summed E-state index contributed by atoms with van der Waals surface area (Å²) in [6.07, 6.45) is 7.85. The third-order valence-electron chi connectivity index (χ3n) is 8.25. The zero-order valence-corrected chi connectivity index (χ0v) is 33.7. The van der Waals surface area contributed by atoms with Gasteiger partial charge in [-0.05, 0) is 49.9 Å². The first-order valence-electron chi connectivity index (χ1n) is 16.4. The summed E-state index contributed by atoms with van der Waals surface area (Å²) in [7, 11) is 3.05. The van der Waals surface area contributed by atoms with Crippen molar-refractivity contribution in [3.05, 3.63) is 82.9 Å². The maximum atomic E-state index is 11.4. The minimum Gasteiger partial charge on any atom is -0.494 e. The molecule has 21 heteroatoms. The fourth-order valence-electron chi connectivity index (χ4n) is 5.42. The number of aromatic carboxylic acids is 2. The summed E-state index contributed by atoms with van der Waals surface area (Å²) < 4.78 is 14.8. The van der Waals surface area contributed by atoms with E-state index in [-0.39, 0.29) is 52.5 Å². The van der Waals surface area contributed by atoms with E-state index in [9.17, 15) is 19.8 Å². The summed E-state index contributed by atoms with van der Waals surface area (Å²) in [5, 5.41) is 48.2. The normalized spacial score (nSPS) is 13.2. The Balaban J connectivity index is 0.000000184. The number of nitrogens with zero attached hydrogens (tertiary/aromatic N) is 10. The van der Waals surface area contributed by atoms with Crippen LogP contribution in [0.5, 0.6) is 11.5 Å². The van der Waals surface area contributed by atoms with Gasteiger partial charge in [-0.2, -0.15) is 10.2 Å². The number of hydrogen-bond acceptors (Lipinski definition) is 14. The van der Waals surface area contributed by atoms with E-state index >= 15 is 0 Å². The number of hydrogen-bond donors (Lipinski definition) is 4. The van der Waals surface area contributed by atoms with Crippen molar-refractivity contribution in [2.45, 2.75) is 37.8 Å². The van der Waals surface area contributed by atoms with Gasteiger partial charge in [0.1, 0.15) is 12.7 Å². The zero-order chi connectivity index (χ0) is 37.9. The van der Waals surface area contributed by atoms with Crippen molar-refractivity contribution in [2.75, 3.05) is 24.9 Å². The van der Waals surface area contributed by atoms with E-state index in [1.54, 1.807) is 36.9 Å². The summed E-state index contributed by atoms with van der Waals surface area (Å²) in [4.78, 5) is 31.5. The number of benzene rings is 2. The summed E-state index contributed by atoms with van der Waals surface area (Å²) in [6, 6.07) is 14.4. The molecule has 0 radical (unpaired) electrons. The molecule has 4 N–H and O–H groups in total. The molecule has 6 aromatic rings. The molecule has 55 heavy (non-hydrogen) atoms. The van der Waals surface area contributed by atoms with Crippen molar-refractivity contribution in [3.63, 3.8) is 0 Å². The topological polar surface area (TPSA) is 230 Å². The molecule has 18 nitrogen and oxygen atoms in total. The molecule has 4 aromatic heterocycles. The van der Waals surface area contributed by atoms with Crippen LogP contribution < -0.4 is 20.1 Å². The third kappa shape index (κ3) is 8.80. The Hall–Kier alpha value is -5.78. The van der Waals surface area contributed by atoms with Crippen LogP contribution in [0.4, 0.5) is 22.7 Å². The molecule has 2 saturated carbocycles. The van der Waals surface area contributed by atoms with Crippen LogP contribution >= 0.6 is 23.2 Å². The van der Waals surface area contributed by atoms with Gasteiger partial charge < -0.3 is 30.3 Å². The molecule has 8 rings (SSSR count). The van der Waals surface area contributed by atoms with Crippen LogP contribution in [-0.2, 0) is 19.5 Å². The van der Waals surface area contributed by atoms with Gasteiger partial charge in [0.2, 0.25) is 0 Å². The molecule has 2 aliphatic carbocycles. The van der Waals surface area contributed by atoms with Crippen LogP contribution in [0.2, 0.25) is 10.3 Å². The number of carbonyl (C=O) groups is 2. The van der Waals surface area contributed by atoms with Crippen molar-refractivity contribution in [1.29, 1.82) is 0 Å². The second-order valence-corrected chi connectivity index (χ2v) is 12.8. The minimum atomic E-state index is -1.22. The van der Waals surface area contributed by atoms with Crippen molar-refractivity contribution in [2.24, 2.45) is 0 Å². The summed E-state index contributed by atoms with van der Waals surface area (Å²) in [5.41, 5.74) is 2.35. The Morgan fingerprint density at radius 1 is 0.673 bits per heavy atom. The molecule has 0 saturated heterocycles. The van der Waals surface area contributed by atoms with Gasteiger partial charge >= 0.3 is 11.9 Å². The van der Waals surface area contributed by atoms with Gasteiger partial charge in [-0.25, -0.2) is 28.9 Å². The number of halogens is 2. The minimum absolute atomic E-state index is 0. The molecule has 2 fully saturated rings. The molecule has 0 amide bonds. The van der Waals surface area contributed by atoms with Crippen LogP contribution in [0.15, 0.2) is 61.2 Å². The Morgan fingerprint density at radius 3 is 1.42 bits per heavy atom. The number of anilines is 4. The number of rotatable bonds is 12. The first-order chi connectivity index (χ1) is 26.1. The van der Waals surface area contributed by atoms with E-state index < -0.39 is 11.9 Å². The molecule has 0 atom stereocenters. The summed E-state index contributed by atoms with van der Waals surface area (Å²) >= 11 is 11.7. The van der Waals surface area contributed by atoms with Crippen molar-refractivity contribution in [3.8, 4) is 34.3 Å². The fraction of sp³-hybridized carbons (Fsp3) is 0.235. The largest absolute Gasteiger partial charge is 0.494 e. The molecule has 278 valence electrons. The van der Waals surface area contributed by atoms with Crippen molar-refractivity contribution in [1.82, 2.24) is 49.9 Å². The van der Waals surface area contributed by atoms with E-state index in [4.69, 9.17) is 32.7 Å². The smallest absolute Gasteiger partial charge is 0.358 e. The molecule has 4 heterocycles. The van der Waals surface area contributed by atoms with E-state index in [0.29, 0.717) is 57.7 Å². The fourth-order valence-corrected chi connectivity index (χ4v) is 5.72. The van der Waals surface area contributed by atoms with Crippen LogP contribution in [-0.4, -0.2) is 86.3 Å². The van der Waals surface area contributed by atoms with E-state index in [0.717, 1.165) is 25.7 Å². The number of nitrogens with one attached hydrogen (secondary N) is 2. The molecule has 0 bridgehead atoms. The van der Waals surface area contributed by atoms with E-state index in [2.05, 4.69) is 51.2 Å². The number of carboxylic acid groups (broad SMARTS) is 2. The number of aromatic nitrogens is 10. The van der Waals surface area contributed by atoms with Crippen LogP contribution in [0.1, 0.15) is 58.7 Å². The Labute approximate surface area is 335 Å². The second kappa shape index (κ2) is 16.7. The zero-order valence-electron chi connectivity index (χ0n) is 29.2. The number of carboxylic acids is 2. The van der Waals surface area contributed by atoms with Crippen LogP contribution in [0.3, 0.4) is 0 Å². The Bertz CT molecular complexity index is 2210. The SMILES string of the molecule is COc1c(Nc2cc(Cl)nnc2C(=O)O)cccc1-c1ncn(C2CC2)n1.COc1c(Nc2cc(Cl)nnc2C(=O)O)cccc1-c1ncn(C2CC2)n1.[Zn]. The molecular weight excluding hydrogens is 809 g/mol. The summed E-state index contributed by atoms with van der Waals surface area (Å²) in [5.74, 6) is -0.410. The first-order valence-corrected chi connectivity index (χ1v) is 17.1. The van der Waals surface area contributed by atoms with Crippen molar-refractivity contribution >= 4 is 57.9 Å². The van der Waals surface area contributed by atoms with Gasteiger partial charge in [-0.3, -0.25) is 0 Å². The van der Waals surface area contributed by atoms with E-state index in [1.165, 1.54) is 26.4 Å². The molecule has 0 aliphatic heterocycles. The molecule has 0 spiro atoms. The number of ether oxygens (including phenoxy) is 2. The van der Waals surface area contributed by atoms with Gasteiger partial charge in [0.05, 0.1) is 60.2 Å². The van der Waals surface area contributed by atoms with Gasteiger partial charge in [0.25, 0.3) is 0 Å². The third-order valence-corrected chi connectivity index (χ3v) is 8.62. The Kier molecular flexibility index (Phi) is 11.8. The molecule has 2 aromatic carbocycles. The second-order valence-electron chi connectivity index (χ2n) is 12.1. The molecule has 0 unspecified atom stereocenters. The van der Waals surface area contributed by atoms with E-state index in [1.807, 2.05) is 21.5 Å². The van der Waals surface area contributed by atoms with Crippen molar-refractivity contribution < 1.29 is 48.8 Å². The van der Waals surface area contributed by atoms with Gasteiger partial charge in [-0.15, -0.1) is 20.4 Å². The predicted molar refractivity (Wildman–Crippen MR) is 195 cm³/mol. The Morgan fingerprint density at radius 2 is 1.07 bits per heavy atom. The number of methoxy groups -OCH3 is 2. The van der Waals surface area contributed by atoms with Crippen LogP contribution in [0.25, 0.3) is 22.8 Å². The summed E-state index contributed by atoms with van der Waals surface area (Å²) in [6.45, 7) is 0.